The highest BCUT2D eigenvalue weighted by molar-refractivity contribution is 4.76. The van der Waals surface area contributed by atoms with Crippen molar-refractivity contribution < 1.29 is 4.57 Å². The minimum Gasteiger partial charge on any atom is -0.235 e. The van der Waals surface area contributed by atoms with Crippen LogP contribution in [0.1, 0.15) is 25.6 Å². The third-order valence-electron chi connectivity index (χ3n) is 1.78. The third-order valence-corrected chi connectivity index (χ3v) is 1.78. The summed E-state index contributed by atoms with van der Waals surface area (Å²) in [7, 11) is 0. The maximum Gasteiger partial charge on any atom is 0.295 e. The van der Waals surface area contributed by atoms with Gasteiger partial charge in [0, 0.05) is 13.0 Å². The Balaban J connectivity index is 2.62. The van der Waals surface area contributed by atoms with Crippen molar-refractivity contribution in [3.63, 3.8) is 0 Å². The molecule has 0 atom stereocenters. The molecule has 0 radical (unpaired) electrons. The van der Waals surface area contributed by atoms with Crippen molar-refractivity contribution in [2.24, 2.45) is 0 Å². The van der Waals surface area contributed by atoms with Crippen LogP contribution in [0.15, 0.2) is 18.5 Å². The molecule has 0 amide bonds. The maximum absolute atomic E-state index is 4.19. The van der Waals surface area contributed by atoms with E-state index in [1.807, 2.05) is 19.2 Å². The van der Waals surface area contributed by atoms with Gasteiger partial charge in [0.15, 0.2) is 0 Å². The second-order valence-electron chi connectivity index (χ2n) is 2.71. The van der Waals surface area contributed by atoms with Gasteiger partial charge in [0.25, 0.3) is 5.82 Å². The van der Waals surface area contributed by atoms with Crippen LogP contribution < -0.4 is 4.57 Å². The zero-order valence-corrected chi connectivity index (χ0v) is 7.25. The molecule has 0 aliphatic heterocycles. The molecule has 1 aromatic rings. The van der Waals surface area contributed by atoms with Gasteiger partial charge in [0.1, 0.15) is 6.20 Å². The highest BCUT2D eigenvalue weighted by Gasteiger charge is 2.01. The van der Waals surface area contributed by atoms with E-state index in [0.29, 0.717) is 0 Å². The summed E-state index contributed by atoms with van der Waals surface area (Å²) in [5.41, 5.74) is 0. The SMILES string of the molecule is CCCC[n+]1cccnc1C. The van der Waals surface area contributed by atoms with Crippen LogP contribution in [0.3, 0.4) is 0 Å². The van der Waals surface area contributed by atoms with E-state index >= 15 is 0 Å². The van der Waals surface area contributed by atoms with E-state index in [4.69, 9.17) is 0 Å². The lowest BCUT2D eigenvalue weighted by Crippen LogP contribution is -2.37. The number of rotatable bonds is 3. The lowest BCUT2D eigenvalue weighted by Gasteiger charge is -1.97. The van der Waals surface area contributed by atoms with Gasteiger partial charge in [0.05, 0.1) is 12.7 Å². The van der Waals surface area contributed by atoms with Crippen molar-refractivity contribution in [1.29, 1.82) is 0 Å². The summed E-state index contributed by atoms with van der Waals surface area (Å²) < 4.78 is 2.18. The van der Waals surface area contributed by atoms with E-state index < -0.39 is 0 Å². The zero-order chi connectivity index (χ0) is 8.10. The van der Waals surface area contributed by atoms with Crippen LogP contribution >= 0.6 is 0 Å². The van der Waals surface area contributed by atoms with E-state index in [-0.39, 0.29) is 0 Å². The first-order chi connectivity index (χ1) is 5.34. The first kappa shape index (κ1) is 8.18. The lowest BCUT2D eigenvalue weighted by molar-refractivity contribution is -0.706. The Morgan fingerprint density at radius 3 is 3.00 bits per heavy atom. The van der Waals surface area contributed by atoms with E-state index in [0.717, 1.165) is 12.4 Å². The van der Waals surface area contributed by atoms with Gasteiger partial charge in [-0.2, -0.15) is 0 Å². The van der Waals surface area contributed by atoms with Crippen LogP contribution in [0.25, 0.3) is 0 Å². The van der Waals surface area contributed by atoms with Crippen LogP contribution in [0.2, 0.25) is 0 Å². The molecule has 1 aromatic heterocycles. The largest absolute Gasteiger partial charge is 0.295 e. The highest BCUT2D eigenvalue weighted by Crippen LogP contribution is 1.87. The summed E-state index contributed by atoms with van der Waals surface area (Å²) in [6.45, 7) is 5.33. The fraction of sp³-hybridized carbons (Fsp3) is 0.556. The first-order valence-electron chi connectivity index (χ1n) is 4.15. The van der Waals surface area contributed by atoms with Crippen LogP contribution in [0.5, 0.6) is 0 Å². The van der Waals surface area contributed by atoms with Crippen molar-refractivity contribution in [2.75, 3.05) is 0 Å². The second kappa shape index (κ2) is 4.06. The molecule has 1 heterocycles. The van der Waals surface area contributed by atoms with Crippen LogP contribution in [0, 0.1) is 6.92 Å². The smallest absolute Gasteiger partial charge is 0.235 e. The predicted octanol–water partition coefficient (Wildman–Crippen LogP) is 1.48. The van der Waals surface area contributed by atoms with Crippen LogP contribution in [-0.2, 0) is 6.54 Å². The minimum atomic E-state index is 1.09. The van der Waals surface area contributed by atoms with Gasteiger partial charge in [-0.25, -0.2) is 4.57 Å². The topological polar surface area (TPSA) is 16.8 Å². The van der Waals surface area contributed by atoms with Gasteiger partial charge in [-0.05, 0) is 6.42 Å². The van der Waals surface area contributed by atoms with E-state index in [2.05, 4.69) is 22.7 Å². The average Bonchev–Trinajstić information content (AvgIpc) is 2.03. The maximum atomic E-state index is 4.19. The Bertz CT molecular complexity index is 221. The fourth-order valence-electron chi connectivity index (χ4n) is 1.04. The number of hydrogen-bond donors (Lipinski definition) is 0. The summed E-state index contributed by atoms with van der Waals surface area (Å²) >= 11 is 0. The van der Waals surface area contributed by atoms with Crippen LogP contribution in [0.4, 0.5) is 0 Å². The average molecular weight is 151 g/mol. The molecule has 0 saturated heterocycles. The normalized spacial score (nSPS) is 10.0. The molecule has 0 aliphatic carbocycles. The molecule has 0 aromatic carbocycles. The number of nitrogens with zero attached hydrogens (tertiary/aromatic N) is 2. The zero-order valence-electron chi connectivity index (χ0n) is 7.25. The molecule has 11 heavy (non-hydrogen) atoms. The summed E-state index contributed by atoms with van der Waals surface area (Å²) in [5, 5.41) is 0. The standard InChI is InChI=1S/C9H15N2/c1-3-4-7-11-8-5-6-10-9(11)2/h5-6,8H,3-4,7H2,1-2H3/q+1. The molecular weight excluding hydrogens is 136 g/mol. The van der Waals surface area contributed by atoms with Crippen molar-refractivity contribution in [3.8, 4) is 0 Å². The molecule has 0 spiro atoms. The van der Waals surface area contributed by atoms with E-state index in [9.17, 15) is 0 Å². The summed E-state index contributed by atoms with van der Waals surface area (Å²) in [6.07, 6.45) is 6.38. The van der Waals surface area contributed by atoms with Crippen molar-refractivity contribution in [1.82, 2.24) is 4.98 Å². The highest BCUT2D eigenvalue weighted by atomic mass is 15.0. The van der Waals surface area contributed by atoms with Gasteiger partial charge >= 0.3 is 0 Å². The monoisotopic (exact) mass is 151 g/mol. The Morgan fingerprint density at radius 1 is 1.55 bits per heavy atom. The van der Waals surface area contributed by atoms with Gasteiger partial charge in [0.2, 0.25) is 0 Å². The lowest BCUT2D eigenvalue weighted by atomic mass is 10.3. The van der Waals surface area contributed by atoms with Crippen molar-refractivity contribution >= 4 is 0 Å². The molecule has 0 fully saturated rings. The van der Waals surface area contributed by atoms with Crippen LogP contribution in [-0.4, -0.2) is 4.98 Å². The molecule has 0 saturated carbocycles. The quantitative estimate of drug-likeness (QED) is 0.598. The first-order valence-corrected chi connectivity index (χ1v) is 4.15. The van der Waals surface area contributed by atoms with Gasteiger partial charge in [-0.15, -0.1) is 0 Å². The third kappa shape index (κ3) is 2.30. The van der Waals surface area contributed by atoms with Crippen molar-refractivity contribution in [2.45, 2.75) is 33.2 Å². The fourth-order valence-corrected chi connectivity index (χ4v) is 1.04. The summed E-state index contributed by atoms with van der Waals surface area (Å²) in [6, 6.07) is 1.97. The van der Waals surface area contributed by atoms with Gasteiger partial charge < -0.3 is 0 Å². The number of aryl methyl sites for hydroxylation is 2. The van der Waals surface area contributed by atoms with Crippen molar-refractivity contribution in [3.05, 3.63) is 24.3 Å². The van der Waals surface area contributed by atoms with E-state index in [1.54, 1.807) is 0 Å². The Kier molecular flexibility index (Phi) is 3.02. The summed E-state index contributed by atoms with van der Waals surface area (Å²) in [5.74, 6) is 1.10. The molecular formula is C9H15N2+. The van der Waals surface area contributed by atoms with Gasteiger partial charge in [-0.1, -0.05) is 18.3 Å². The molecule has 60 valence electrons. The molecule has 2 heteroatoms. The second-order valence-corrected chi connectivity index (χ2v) is 2.71. The molecule has 0 aliphatic rings. The molecule has 2 nitrogen and oxygen atoms in total. The number of hydrogen-bond acceptors (Lipinski definition) is 1. The van der Waals surface area contributed by atoms with Gasteiger partial charge in [-0.3, -0.25) is 0 Å². The van der Waals surface area contributed by atoms with E-state index in [1.165, 1.54) is 12.8 Å². The molecule has 0 N–H and O–H groups in total. The molecule has 0 bridgehead atoms. The predicted molar refractivity (Wildman–Crippen MR) is 44.1 cm³/mol. The Labute approximate surface area is 67.9 Å². The molecule has 0 unspecified atom stereocenters. The number of unbranched alkanes of at least 4 members (excludes halogenated alkanes) is 1. The Morgan fingerprint density at radius 2 is 2.36 bits per heavy atom. The molecule has 1 rings (SSSR count). The summed E-state index contributed by atoms with van der Waals surface area (Å²) in [4.78, 5) is 4.19. The minimum absolute atomic E-state index is 1.09. The Hall–Kier alpha value is -0.920. The number of aromatic nitrogens is 2.